The summed E-state index contributed by atoms with van der Waals surface area (Å²) >= 11 is 0. The molecule has 3 rings (SSSR count). The summed E-state index contributed by atoms with van der Waals surface area (Å²) in [4.78, 5) is 13.3. The van der Waals surface area contributed by atoms with Gasteiger partial charge in [-0.15, -0.1) is 0 Å². The average molecular weight is 279 g/mol. The predicted octanol–water partition coefficient (Wildman–Crippen LogP) is 1.08. The number of nitrogens with one attached hydrogen (secondary N) is 1. The lowest BCUT2D eigenvalue weighted by Crippen LogP contribution is -2.45. The predicted molar refractivity (Wildman–Crippen MR) is 76.0 cm³/mol. The SMILES string of the molecule is CCc1nn(C)c(N2CCC3NCCC3C2)c1[N+](=O)[O-]. The van der Waals surface area contributed by atoms with Crippen molar-refractivity contribution >= 4 is 11.5 Å². The van der Waals surface area contributed by atoms with Crippen molar-refractivity contribution in [1.29, 1.82) is 0 Å². The summed E-state index contributed by atoms with van der Waals surface area (Å²) in [7, 11) is 1.81. The van der Waals surface area contributed by atoms with Crippen LogP contribution < -0.4 is 10.2 Å². The van der Waals surface area contributed by atoms with E-state index in [1.165, 1.54) is 0 Å². The van der Waals surface area contributed by atoms with Crippen LogP contribution in [0.15, 0.2) is 0 Å². The van der Waals surface area contributed by atoms with Crippen LogP contribution in [0.4, 0.5) is 11.5 Å². The summed E-state index contributed by atoms with van der Waals surface area (Å²) in [6.45, 7) is 4.72. The summed E-state index contributed by atoms with van der Waals surface area (Å²) in [6, 6.07) is 0.587. The lowest BCUT2D eigenvalue weighted by atomic mass is 9.93. The highest BCUT2D eigenvalue weighted by atomic mass is 16.6. The van der Waals surface area contributed by atoms with E-state index in [1.807, 2.05) is 6.92 Å². The minimum atomic E-state index is -0.278. The molecule has 1 aromatic rings. The Kier molecular flexibility index (Phi) is 3.37. The largest absolute Gasteiger partial charge is 0.351 e. The fraction of sp³-hybridized carbons (Fsp3) is 0.769. The first-order valence-electron chi connectivity index (χ1n) is 7.30. The van der Waals surface area contributed by atoms with Gasteiger partial charge < -0.3 is 10.2 Å². The Labute approximate surface area is 118 Å². The van der Waals surface area contributed by atoms with Gasteiger partial charge >= 0.3 is 5.69 Å². The number of rotatable bonds is 3. The second-order valence-electron chi connectivity index (χ2n) is 5.70. The summed E-state index contributed by atoms with van der Waals surface area (Å²) in [5.74, 6) is 1.28. The molecule has 0 saturated carbocycles. The van der Waals surface area contributed by atoms with Gasteiger partial charge in [0.25, 0.3) is 0 Å². The molecule has 1 aromatic heterocycles. The number of fused-ring (bicyclic) bond motifs is 1. The van der Waals surface area contributed by atoms with Crippen LogP contribution in [0.3, 0.4) is 0 Å². The van der Waals surface area contributed by atoms with Crippen molar-refractivity contribution < 1.29 is 4.92 Å². The van der Waals surface area contributed by atoms with E-state index in [4.69, 9.17) is 0 Å². The van der Waals surface area contributed by atoms with Crippen molar-refractivity contribution in [2.24, 2.45) is 13.0 Å². The van der Waals surface area contributed by atoms with Crippen LogP contribution in [-0.2, 0) is 13.5 Å². The summed E-state index contributed by atoms with van der Waals surface area (Å²) in [5.41, 5.74) is 0.776. The Morgan fingerprint density at radius 1 is 1.50 bits per heavy atom. The zero-order chi connectivity index (χ0) is 14.3. The van der Waals surface area contributed by atoms with Gasteiger partial charge in [0.15, 0.2) is 0 Å². The molecule has 0 amide bonds. The van der Waals surface area contributed by atoms with Gasteiger partial charge in [-0.25, -0.2) is 4.68 Å². The highest BCUT2D eigenvalue weighted by molar-refractivity contribution is 5.62. The molecule has 2 saturated heterocycles. The first-order chi connectivity index (χ1) is 9.61. The molecule has 7 nitrogen and oxygen atoms in total. The third-order valence-electron chi connectivity index (χ3n) is 4.53. The van der Waals surface area contributed by atoms with Gasteiger partial charge in [0.1, 0.15) is 5.69 Å². The summed E-state index contributed by atoms with van der Waals surface area (Å²) in [6.07, 6.45) is 2.80. The van der Waals surface area contributed by atoms with Crippen LogP contribution in [-0.4, -0.2) is 40.4 Å². The van der Waals surface area contributed by atoms with E-state index in [1.54, 1.807) is 11.7 Å². The number of hydrogen-bond donors (Lipinski definition) is 1. The van der Waals surface area contributed by atoms with Crippen LogP contribution in [0.2, 0.25) is 0 Å². The second-order valence-corrected chi connectivity index (χ2v) is 5.70. The van der Waals surface area contributed by atoms with Gasteiger partial charge in [0, 0.05) is 26.2 Å². The molecule has 7 heteroatoms. The number of piperidine rings is 1. The number of aryl methyl sites for hydroxylation is 2. The van der Waals surface area contributed by atoms with Crippen molar-refractivity contribution in [3.63, 3.8) is 0 Å². The van der Waals surface area contributed by atoms with E-state index in [2.05, 4.69) is 15.3 Å². The molecule has 2 fully saturated rings. The van der Waals surface area contributed by atoms with Crippen molar-refractivity contribution in [3.05, 3.63) is 15.8 Å². The molecule has 0 aromatic carbocycles. The monoisotopic (exact) mass is 279 g/mol. The minimum absolute atomic E-state index is 0.194. The maximum atomic E-state index is 11.4. The zero-order valence-corrected chi connectivity index (χ0v) is 12.0. The van der Waals surface area contributed by atoms with E-state index in [0.29, 0.717) is 29.9 Å². The number of anilines is 1. The zero-order valence-electron chi connectivity index (χ0n) is 12.0. The quantitative estimate of drug-likeness (QED) is 0.662. The van der Waals surface area contributed by atoms with Crippen molar-refractivity contribution in [2.45, 2.75) is 32.2 Å². The first kappa shape index (κ1) is 13.4. The van der Waals surface area contributed by atoms with Gasteiger partial charge in [-0.05, 0) is 31.7 Å². The van der Waals surface area contributed by atoms with E-state index in [-0.39, 0.29) is 10.6 Å². The third kappa shape index (κ3) is 2.06. The molecule has 0 spiro atoms. The van der Waals surface area contributed by atoms with Crippen LogP contribution in [0.1, 0.15) is 25.5 Å². The summed E-state index contributed by atoms with van der Waals surface area (Å²) < 4.78 is 1.68. The molecule has 2 aliphatic heterocycles. The van der Waals surface area contributed by atoms with Crippen molar-refractivity contribution in [3.8, 4) is 0 Å². The van der Waals surface area contributed by atoms with Crippen molar-refractivity contribution in [2.75, 3.05) is 24.5 Å². The van der Waals surface area contributed by atoms with Crippen molar-refractivity contribution in [1.82, 2.24) is 15.1 Å². The Hall–Kier alpha value is -1.63. The fourth-order valence-corrected chi connectivity index (χ4v) is 3.58. The Morgan fingerprint density at radius 3 is 3.00 bits per heavy atom. The number of aromatic nitrogens is 2. The van der Waals surface area contributed by atoms with Gasteiger partial charge in [0.05, 0.1) is 4.92 Å². The van der Waals surface area contributed by atoms with Crippen LogP contribution in [0, 0.1) is 16.0 Å². The molecular weight excluding hydrogens is 258 g/mol. The highest BCUT2D eigenvalue weighted by Gasteiger charge is 2.37. The molecule has 1 N–H and O–H groups in total. The smallest absolute Gasteiger partial charge is 0.334 e. The molecule has 3 heterocycles. The normalized spacial score (nSPS) is 25.8. The van der Waals surface area contributed by atoms with Gasteiger partial charge in [-0.1, -0.05) is 6.92 Å². The van der Waals surface area contributed by atoms with E-state index in [9.17, 15) is 10.1 Å². The van der Waals surface area contributed by atoms with Gasteiger partial charge in [0.2, 0.25) is 5.82 Å². The highest BCUT2D eigenvalue weighted by Crippen LogP contribution is 2.35. The number of nitrogens with zero attached hydrogens (tertiary/aromatic N) is 4. The molecule has 2 unspecified atom stereocenters. The average Bonchev–Trinajstić information content (AvgIpc) is 3.01. The Morgan fingerprint density at radius 2 is 2.30 bits per heavy atom. The van der Waals surface area contributed by atoms with Gasteiger partial charge in [-0.2, -0.15) is 5.10 Å². The first-order valence-corrected chi connectivity index (χ1v) is 7.30. The molecule has 20 heavy (non-hydrogen) atoms. The van der Waals surface area contributed by atoms with Crippen LogP contribution in [0.5, 0.6) is 0 Å². The molecule has 110 valence electrons. The number of nitro groups is 1. The topological polar surface area (TPSA) is 76.2 Å². The van der Waals surface area contributed by atoms with Gasteiger partial charge in [-0.3, -0.25) is 10.1 Å². The maximum absolute atomic E-state index is 11.4. The Bertz CT molecular complexity index is 527. The lowest BCUT2D eigenvalue weighted by Gasteiger charge is -2.35. The van der Waals surface area contributed by atoms with Crippen LogP contribution >= 0.6 is 0 Å². The molecule has 0 aliphatic carbocycles. The molecule has 0 radical (unpaired) electrons. The van der Waals surface area contributed by atoms with E-state index in [0.717, 1.165) is 32.5 Å². The number of hydrogen-bond acceptors (Lipinski definition) is 5. The van der Waals surface area contributed by atoms with E-state index < -0.39 is 0 Å². The molecule has 0 bridgehead atoms. The standard InChI is InChI=1S/C13H21N5O2/c1-3-10-12(18(19)20)13(16(2)15-10)17-7-5-11-9(8-17)4-6-14-11/h9,11,14H,3-8H2,1-2H3. The fourth-order valence-electron chi connectivity index (χ4n) is 3.58. The van der Waals surface area contributed by atoms with E-state index >= 15 is 0 Å². The lowest BCUT2D eigenvalue weighted by molar-refractivity contribution is -0.384. The third-order valence-corrected chi connectivity index (χ3v) is 4.53. The second kappa shape index (κ2) is 5.05. The molecule has 2 atom stereocenters. The minimum Gasteiger partial charge on any atom is -0.351 e. The van der Waals surface area contributed by atoms with Crippen LogP contribution in [0.25, 0.3) is 0 Å². The Balaban J connectivity index is 1.93. The molecular formula is C13H21N5O2. The summed E-state index contributed by atoms with van der Waals surface area (Å²) in [5, 5.41) is 19.2. The molecule has 2 aliphatic rings. The maximum Gasteiger partial charge on any atom is 0.334 e.